The van der Waals surface area contributed by atoms with Crippen molar-refractivity contribution in [3.8, 4) is 0 Å². The molecule has 1 atom stereocenters. The summed E-state index contributed by atoms with van der Waals surface area (Å²) in [7, 11) is 0. The second-order valence-corrected chi connectivity index (χ2v) is 4.64. The third-order valence-electron chi connectivity index (χ3n) is 3.07. The molecule has 0 spiro atoms. The Kier molecular flexibility index (Phi) is 7.15. The first kappa shape index (κ1) is 15.7. The van der Waals surface area contributed by atoms with E-state index in [9.17, 15) is 4.79 Å². The van der Waals surface area contributed by atoms with Crippen molar-refractivity contribution in [2.45, 2.75) is 52.3 Å². The molecule has 0 aromatic heterocycles. The van der Waals surface area contributed by atoms with E-state index in [-0.39, 0.29) is 18.0 Å². The molecule has 2 N–H and O–H groups in total. The highest BCUT2D eigenvalue weighted by atomic mass is 16.6. The molecular weight excluding hydrogens is 240 g/mol. The summed E-state index contributed by atoms with van der Waals surface area (Å²) in [5.74, 6) is -0.0261. The van der Waals surface area contributed by atoms with E-state index >= 15 is 0 Å². The molecule has 0 saturated carbocycles. The van der Waals surface area contributed by atoms with Crippen LogP contribution in [-0.4, -0.2) is 18.0 Å². The molecule has 1 rings (SSSR count). The zero-order valence-electron chi connectivity index (χ0n) is 12.0. The zero-order chi connectivity index (χ0) is 14.1. The van der Waals surface area contributed by atoms with E-state index in [1.807, 2.05) is 30.3 Å². The molecule has 0 aliphatic rings. The highest BCUT2D eigenvalue weighted by Gasteiger charge is 2.15. The maximum atomic E-state index is 11.9. The first-order valence-electron chi connectivity index (χ1n) is 6.89. The van der Waals surface area contributed by atoms with Gasteiger partial charge in [0.15, 0.2) is 0 Å². The van der Waals surface area contributed by atoms with Gasteiger partial charge in [-0.25, -0.2) is 0 Å². The Bertz CT molecular complexity index is 364. The summed E-state index contributed by atoms with van der Waals surface area (Å²) in [6, 6.07) is 9.73. The summed E-state index contributed by atoms with van der Waals surface area (Å²) in [5, 5.41) is 2.98. The van der Waals surface area contributed by atoms with Gasteiger partial charge in [0, 0.05) is 6.04 Å². The number of hydrogen-bond donors (Lipinski definition) is 2. The summed E-state index contributed by atoms with van der Waals surface area (Å²) < 4.78 is 0. The molecule has 19 heavy (non-hydrogen) atoms. The fraction of sp³-hybridized carbons (Fsp3) is 0.533. The summed E-state index contributed by atoms with van der Waals surface area (Å²) in [6.45, 7) is 6.38. The highest BCUT2D eigenvalue weighted by Crippen LogP contribution is 2.00. The highest BCUT2D eigenvalue weighted by molar-refractivity contribution is 5.81. The lowest BCUT2D eigenvalue weighted by atomic mass is 10.1. The normalized spacial score (nSPS) is 12.4. The SMILES string of the molecule is CCC(CC)NC(=O)C(C)NOCc1ccccc1. The predicted molar refractivity (Wildman–Crippen MR) is 76.3 cm³/mol. The fourth-order valence-electron chi connectivity index (χ4n) is 1.70. The summed E-state index contributed by atoms with van der Waals surface area (Å²) in [6.07, 6.45) is 1.89. The van der Waals surface area contributed by atoms with Crippen molar-refractivity contribution in [3.63, 3.8) is 0 Å². The molecule has 0 bridgehead atoms. The van der Waals surface area contributed by atoms with Gasteiger partial charge in [-0.1, -0.05) is 44.2 Å². The van der Waals surface area contributed by atoms with Gasteiger partial charge in [0.2, 0.25) is 5.91 Å². The van der Waals surface area contributed by atoms with Gasteiger partial charge in [0.25, 0.3) is 0 Å². The van der Waals surface area contributed by atoms with Crippen LogP contribution in [0.5, 0.6) is 0 Å². The average molecular weight is 264 g/mol. The van der Waals surface area contributed by atoms with E-state index in [2.05, 4.69) is 24.6 Å². The number of benzene rings is 1. The van der Waals surface area contributed by atoms with Gasteiger partial charge in [-0.15, -0.1) is 0 Å². The topological polar surface area (TPSA) is 50.4 Å². The molecule has 1 amide bonds. The molecule has 4 heteroatoms. The van der Waals surface area contributed by atoms with Gasteiger partial charge in [-0.3, -0.25) is 9.63 Å². The number of hydrogen-bond acceptors (Lipinski definition) is 3. The van der Waals surface area contributed by atoms with E-state index in [1.54, 1.807) is 6.92 Å². The Morgan fingerprint density at radius 2 is 1.84 bits per heavy atom. The Balaban J connectivity index is 2.27. The van der Waals surface area contributed by atoms with Crippen LogP contribution < -0.4 is 10.8 Å². The molecule has 106 valence electrons. The summed E-state index contributed by atoms with van der Waals surface area (Å²) in [4.78, 5) is 17.2. The molecular formula is C15H24N2O2. The minimum absolute atomic E-state index is 0.0261. The lowest BCUT2D eigenvalue weighted by Gasteiger charge is -2.19. The first-order chi connectivity index (χ1) is 9.17. The van der Waals surface area contributed by atoms with Crippen LogP contribution in [0.3, 0.4) is 0 Å². The van der Waals surface area contributed by atoms with Gasteiger partial charge in [0.05, 0.1) is 6.61 Å². The van der Waals surface area contributed by atoms with Crippen LogP contribution in [0.25, 0.3) is 0 Å². The molecule has 0 heterocycles. The quantitative estimate of drug-likeness (QED) is 0.709. The Hall–Kier alpha value is -1.39. The van der Waals surface area contributed by atoms with E-state index in [0.29, 0.717) is 6.61 Å². The van der Waals surface area contributed by atoms with Crippen LogP contribution in [0.4, 0.5) is 0 Å². The Morgan fingerprint density at radius 3 is 2.42 bits per heavy atom. The van der Waals surface area contributed by atoms with Crippen molar-refractivity contribution >= 4 is 5.91 Å². The number of rotatable bonds is 8. The van der Waals surface area contributed by atoms with Crippen molar-refractivity contribution in [2.75, 3.05) is 0 Å². The lowest BCUT2D eigenvalue weighted by molar-refractivity contribution is -0.128. The number of carbonyl (C=O) groups excluding carboxylic acids is 1. The third kappa shape index (κ3) is 5.85. The fourth-order valence-corrected chi connectivity index (χ4v) is 1.70. The number of carbonyl (C=O) groups is 1. The number of amides is 1. The van der Waals surface area contributed by atoms with Crippen molar-refractivity contribution in [3.05, 3.63) is 35.9 Å². The molecule has 1 unspecified atom stereocenters. The minimum atomic E-state index is -0.357. The van der Waals surface area contributed by atoms with E-state index in [4.69, 9.17) is 4.84 Å². The van der Waals surface area contributed by atoms with Gasteiger partial charge in [-0.2, -0.15) is 5.48 Å². The molecule has 0 radical (unpaired) electrons. The van der Waals surface area contributed by atoms with Crippen LogP contribution in [0.2, 0.25) is 0 Å². The van der Waals surface area contributed by atoms with Gasteiger partial charge >= 0.3 is 0 Å². The molecule has 0 aliphatic heterocycles. The third-order valence-corrected chi connectivity index (χ3v) is 3.07. The van der Waals surface area contributed by atoms with E-state index in [0.717, 1.165) is 18.4 Å². The Labute approximate surface area is 115 Å². The molecule has 0 aliphatic carbocycles. The van der Waals surface area contributed by atoms with Crippen LogP contribution in [0.15, 0.2) is 30.3 Å². The van der Waals surface area contributed by atoms with Crippen LogP contribution >= 0.6 is 0 Å². The molecule has 0 fully saturated rings. The van der Waals surface area contributed by atoms with Crippen LogP contribution in [0.1, 0.15) is 39.2 Å². The molecule has 4 nitrogen and oxygen atoms in total. The maximum absolute atomic E-state index is 11.9. The second kappa shape index (κ2) is 8.67. The second-order valence-electron chi connectivity index (χ2n) is 4.64. The Morgan fingerprint density at radius 1 is 1.21 bits per heavy atom. The van der Waals surface area contributed by atoms with Gasteiger partial charge < -0.3 is 5.32 Å². The minimum Gasteiger partial charge on any atom is -0.352 e. The smallest absolute Gasteiger partial charge is 0.239 e. The van der Waals surface area contributed by atoms with Crippen molar-refractivity contribution in [2.24, 2.45) is 0 Å². The van der Waals surface area contributed by atoms with Gasteiger partial charge in [-0.05, 0) is 25.3 Å². The molecule has 1 aromatic carbocycles. The van der Waals surface area contributed by atoms with Crippen molar-refractivity contribution < 1.29 is 9.63 Å². The largest absolute Gasteiger partial charge is 0.352 e. The monoisotopic (exact) mass is 264 g/mol. The van der Waals surface area contributed by atoms with Crippen molar-refractivity contribution in [1.29, 1.82) is 0 Å². The maximum Gasteiger partial charge on any atom is 0.239 e. The van der Waals surface area contributed by atoms with Crippen LogP contribution in [0, 0.1) is 0 Å². The van der Waals surface area contributed by atoms with E-state index in [1.165, 1.54) is 0 Å². The first-order valence-corrected chi connectivity index (χ1v) is 6.89. The van der Waals surface area contributed by atoms with Crippen LogP contribution in [-0.2, 0) is 16.2 Å². The predicted octanol–water partition coefficient (Wildman–Crippen LogP) is 2.40. The summed E-state index contributed by atoms with van der Waals surface area (Å²) in [5.41, 5.74) is 3.84. The molecule has 1 aromatic rings. The zero-order valence-corrected chi connectivity index (χ0v) is 12.0. The average Bonchev–Trinajstić information content (AvgIpc) is 2.45. The lowest BCUT2D eigenvalue weighted by Crippen LogP contribution is -2.45. The number of nitrogens with one attached hydrogen (secondary N) is 2. The standard InChI is InChI=1S/C15H24N2O2/c1-4-14(5-2)16-15(18)12(3)17-19-11-13-9-7-6-8-10-13/h6-10,12,14,17H,4-5,11H2,1-3H3,(H,16,18). The van der Waals surface area contributed by atoms with Crippen molar-refractivity contribution in [1.82, 2.24) is 10.8 Å². The molecule has 0 saturated heterocycles. The van der Waals surface area contributed by atoms with Gasteiger partial charge in [0.1, 0.15) is 6.04 Å². The number of hydroxylamine groups is 1. The summed E-state index contributed by atoms with van der Waals surface area (Å²) >= 11 is 0. The van der Waals surface area contributed by atoms with E-state index < -0.39 is 0 Å².